The van der Waals surface area contributed by atoms with Crippen LogP contribution in [0.3, 0.4) is 0 Å². The first-order chi connectivity index (χ1) is 16.3. The van der Waals surface area contributed by atoms with Gasteiger partial charge in [0.15, 0.2) is 12.0 Å². The van der Waals surface area contributed by atoms with Crippen LogP contribution in [0.4, 0.5) is 5.69 Å². The van der Waals surface area contributed by atoms with Crippen LogP contribution in [0.5, 0.6) is 5.75 Å². The number of amides is 2. The smallest absolute Gasteiger partial charge is 0.295 e. The second-order valence-electron chi connectivity index (χ2n) is 7.69. The SMILES string of the molecule is NC(=O)COc1ccc(C2c3c(oc4ccc(Cl)cc4c3=O)C(=O)N2c2ccc(Br)cc2)cc1. The number of rotatable bonds is 5. The van der Waals surface area contributed by atoms with E-state index in [0.717, 1.165) is 4.47 Å². The number of halogens is 2. The van der Waals surface area contributed by atoms with E-state index in [1.165, 1.54) is 11.0 Å². The van der Waals surface area contributed by atoms with Crippen molar-refractivity contribution in [2.45, 2.75) is 6.04 Å². The first-order valence-electron chi connectivity index (χ1n) is 10.2. The van der Waals surface area contributed by atoms with E-state index in [-0.39, 0.29) is 28.9 Å². The van der Waals surface area contributed by atoms with Gasteiger partial charge in [0.1, 0.15) is 11.3 Å². The van der Waals surface area contributed by atoms with Crippen LogP contribution in [0.1, 0.15) is 27.7 Å². The lowest BCUT2D eigenvalue weighted by molar-refractivity contribution is -0.119. The Morgan fingerprint density at radius 1 is 1.06 bits per heavy atom. The molecule has 3 aromatic carbocycles. The van der Waals surface area contributed by atoms with Crippen molar-refractivity contribution in [3.63, 3.8) is 0 Å². The van der Waals surface area contributed by atoms with Crippen LogP contribution < -0.4 is 20.8 Å². The number of primary amides is 1. The molecule has 9 heteroatoms. The Morgan fingerprint density at radius 3 is 2.44 bits per heavy atom. The van der Waals surface area contributed by atoms with Crippen molar-refractivity contribution in [2.75, 3.05) is 11.5 Å². The maximum Gasteiger partial charge on any atom is 0.295 e. The molecule has 2 heterocycles. The normalized spacial score (nSPS) is 14.9. The van der Waals surface area contributed by atoms with Gasteiger partial charge in [0, 0.05) is 15.2 Å². The minimum atomic E-state index is -0.742. The topological polar surface area (TPSA) is 103 Å². The van der Waals surface area contributed by atoms with Gasteiger partial charge in [-0.05, 0) is 60.2 Å². The fourth-order valence-corrected chi connectivity index (χ4v) is 4.47. The summed E-state index contributed by atoms with van der Waals surface area (Å²) in [5.41, 5.74) is 6.58. The summed E-state index contributed by atoms with van der Waals surface area (Å²) in [4.78, 5) is 39.7. The molecule has 4 aromatic rings. The third-order valence-corrected chi connectivity index (χ3v) is 6.28. The monoisotopic (exact) mass is 538 g/mol. The van der Waals surface area contributed by atoms with E-state index in [1.54, 1.807) is 48.5 Å². The highest BCUT2D eigenvalue weighted by Gasteiger charge is 2.43. The lowest BCUT2D eigenvalue weighted by atomic mass is 9.98. The highest BCUT2D eigenvalue weighted by molar-refractivity contribution is 9.10. The number of carbonyl (C=O) groups excluding carboxylic acids is 2. The molecule has 1 atom stereocenters. The lowest BCUT2D eigenvalue weighted by Gasteiger charge is -2.25. The molecule has 5 rings (SSSR count). The van der Waals surface area contributed by atoms with Crippen molar-refractivity contribution in [2.24, 2.45) is 5.73 Å². The number of nitrogens with two attached hydrogens (primary N) is 1. The molecule has 0 saturated heterocycles. The van der Waals surface area contributed by atoms with Crippen LogP contribution in [-0.4, -0.2) is 18.4 Å². The standard InChI is InChI=1S/C25H16BrClN2O5/c26-14-3-6-16(7-4-14)29-22(13-1-8-17(9-2-13)33-12-20(28)30)21-23(31)18-11-15(27)5-10-19(18)34-24(21)25(29)32/h1-11,22H,12H2,(H2,28,30). The van der Waals surface area contributed by atoms with Gasteiger partial charge in [-0.15, -0.1) is 0 Å². The molecule has 7 nitrogen and oxygen atoms in total. The van der Waals surface area contributed by atoms with Crippen molar-refractivity contribution in [3.8, 4) is 5.75 Å². The minimum Gasteiger partial charge on any atom is -0.484 e. The van der Waals surface area contributed by atoms with Gasteiger partial charge in [0.25, 0.3) is 11.8 Å². The van der Waals surface area contributed by atoms with Crippen molar-refractivity contribution >= 4 is 56.0 Å². The van der Waals surface area contributed by atoms with Gasteiger partial charge in [0.05, 0.1) is 17.0 Å². The molecule has 1 aliphatic heterocycles. The maximum absolute atomic E-state index is 13.6. The van der Waals surface area contributed by atoms with Gasteiger partial charge in [-0.3, -0.25) is 19.3 Å². The van der Waals surface area contributed by atoms with Gasteiger partial charge in [-0.2, -0.15) is 0 Å². The van der Waals surface area contributed by atoms with Crippen LogP contribution in [0, 0.1) is 0 Å². The molecular formula is C25H16BrClN2O5. The number of nitrogens with zero attached hydrogens (tertiary/aromatic N) is 1. The highest BCUT2D eigenvalue weighted by Crippen LogP contribution is 2.42. The predicted octanol–water partition coefficient (Wildman–Crippen LogP) is 4.82. The largest absolute Gasteiger partial charge is 0.484 e. The average Bonchev–Trinajstić information content (AvgIpc) is 3.11. The van der Waals surface area contributed by atoms with Crippen molar-refractivity contribution < 1.29 is 18.7 Å². The lowest BCUT2D eigenvalue weighted by Crippen LogP contribution is -2.29. The Balaban J connectivity index is 1.69. The molecule has 0 saturated carbocycles. The summed E-state index contributed by atoms with van der Waals surface area (Å²) < 4.78 is 12.1. The van der Waals surface area contributed by atoms with E-state index < -0.39 is 17.9 Å². The Kier molecular flexibility index (Phi) is 5.63. The van der Waals surface area contributed by atoms with E-state index >= 15 is 0 Å². The number of carbonyl (C=O) groups is 2. The molecule has 1 aliphatic rings. The van der Waals surface area contributed by atoms with Crippen molar-refractivity contribution in [1.82, 2.24) is 0 Å². The predicted molar refractivity (Wildman–Crippen MR) is 131 cm³/mol. The average molecular weight is 540 g/mol. The van der Waals surface area contributed by atoms with E-state index in [4.69, 9.17) is 26.5 Å². The number of hydrogen-bond donors (Lipinski definition) is 1. The minimum absolute atomic E-state index is 0.0122. The number of ether oxygens (including phenoxy) is 1. The molecule has 1 aromatic heterocycles. The number of anilines is 1. The summed E-state index contributed by atoms with van der Waals surface area (Å²) in [7, 11) is 0. The van der Waals surface area contributed by atoms with Crippen molar-refractivity contribution in [1.29, 1.82) is 0 Å². The molecule has 0 fully saturated rings. The molecule has 0 radical (unpaired) electrons. The van der Waals surface area contributed by atoms with Crippen LogP contribution in [0.25, 0.3) is 11.0 Å². The fraction of sp³-hybridized carbons (Fsp3) is 0.0800. The van der Waals surface area contributed by atoms with Crippen LogP contribution >= 0.6 is 27.5 Å². The fourth-order valence-electron chi connectivity index (χ4n) is 4.03. The molecule has 170 valence electrons. The summed E-state index contributed by atoms with van der Waals surface area (Å²) in [6.45, 7) is -0.258. The van der Waals surface area contributed by atoms with Crippen LogP contribution in [-0.2, 0) is 4.79 Å². The molecule has 2 N–H and O–H groups in total. The van der Waals surface area contributed by atoms with Crippen LogP contribution in [0.2, 0.25) is 5.02 Å². The van der Waals surface area contributed by atoms with Crippen LogP contribution in [0.15, 0.2) is 80.4 Å². The maximum atomic E-state index is 13.6. The zero-order chi connectivity index (χ0) is 24.0. The molecule has 0 aliphatic carbocycles. The first kappa shape index (κ1) is 22.2. The third kappa shape index (κ3) is 3.85. The van der Waals surface area contributed by atoms with Gasteiger partial charge in [0.2, 0.25) is 5.76 Å². The van der Waals surface area contributed by atoms with E-state index in [9.17, 15) is 14.4 Å². The van der Waals surface area contributed by atoms with Gasteiger partial charge < -0.3 is 14.9 Å². The summed E-state index contributed by atoms with van der Waals surface area (Å²) in [6.07, 6.45) is 0. The van der Waals surface area contributed by atoms with Gasteiger partial charge >= 0.3 is 0 Å². The third-order valence-electron chi connectivity index (χ3n) is 5.51. The Morgan fingerprint density at radius 2 is 1.76 bits per heavy atom. The summed E-state index contributed by atoms with van der Waals surface area (Å²) in [6, 6.07) is 17.9. The quantitative estimate of drug-likeness (QED) is 0.392. The number of fused-ring (bicyclic) bond motifs is 2. The highest BCUT2D eigenvalue weighted by atomic mass is 79.9. The summed E-state index contributed by atoms with van der Waals surface area (Å²) in [5.74, 6) is -0.601. The van der Waals surface area contributed by atoms with E-state index in [0.29, 0.717) is 27.4 Å². The molecule has 1 unspecified atom stereocenters. The zero-order valence-electron chi connectivity index (χ0n) is 17.5. The first-order valence-corrected chi connectivity index (χ1v) is 11.4. The number of benzene rings is 3. The van der Waals surface area contributed by atoms with E-state index in [1.807, 2.05) is 12.1 Å². The summed E-state index contributed by atoms with van der Waals surface area (Å²) in [5, 5.41) is 0.685. The second kappa shape index (κ2) is 8.62. The van der Waals surface area contributed by atoms with Gasteiger partial charge in [-0.25, -0.2) is 0 Å². The Labute approximate surface area is 206 Å². The zero-order valence-corrected chi connectivity index (χ0v) is 19.8. The molecule has 2 amide bonds. The second-order valence-corrected chi connectivity index (χ2v) is 9.04. The van der Waals surface area contributed by atoms with E-state index in [2.05, 4.69) is 15.9 Å². The Hall–Kier alpha value is -3.62. The molecule has 0 spiro atoms. The Bertz CT molecular complexity index is 1500. The summed E-state index contributed by atoms with van der Waals surface area (Å²) >= 11 is 9.53. The van der Waals surface area contributed by atoms with Gasteiger partial charge in [-0.1, -0.05) is 39.7 Å². The molecule has 0 bridgehead atoms. The molecule has 34 heavy (non-hydrogen) atoms. The number of hydrogen-bond acceptors (Lipinski definition) is 5. The van der Waals surface area contributed by atoms with Crippen molar-refractivity contribution in [3.05, 3.63) is 103 Å². The molecular weight excluding hydrogens is 524 g/mol.